The maximum Gasteiger partial charge on any atom is 0.224 e. The summed E-state index contributed by atoms with van der Waals surface area (Å²) in [5.74, 6) is 0.0778. The van der Waals surface area contributed by atoms with Gasteiger partial charge in [-0.3, -0.25) is 4.79 Å². The zero-order chi connectivity index (χ0) is 13.7. The SMILES string of the molecule is CCC(CN)CC(=O)Nc1c(Cl)ccc(C)c1Cl. The smallest absolute Gasteiger partial charge is 0.224 e. The minimum Gasteiger partial charge on any atom is -0.330 e. The molecule has 100 valence electrons. The topological polar surface area (TPSA) is 55.1 Å². The largest absolute Gasteiger partial charge is 0.330 e. The minimum absolute atomic E-state index is 0.110. The second-order valence-electron chi connectivity index (χ2n) is 4.32. The van der Waals surface area contributed by atoms with Crippen LogP contribution in [0.1, 0.15) is 25.3 Å². The number of halogens is 2. The van der Waals surface area contributed by atoms with Crippen LogP contribution in [0, 0.1) is 12.8 Å². The molecule has 0 radical (unpaired) electrons. The number of hydrogen-bond acceptors (Lipinski definition) is 2. The molecule has 1 aromatic rings. The van der Waals surface area contributed by atoms with Gasteiger partial charge in [0.2, 0.25) is 5.91 Å². The molecule has 3 nitrogen and oxygen atoms in total. The van der Waals surface area contributed by atoms with Crippen molar-refractivity contribution in [3.05, 3.63) is 27.7 Å². The molecule has 0 saturated heterocycles. The molecular formula is C13H18Cl2N2O. The van der Waals surface area contributed by atoms with Gasteiger partial charge in [-0.05, 0) is 31.0 Å². The van der Waals surface area contributed by atoms with Crippen molar-refractivity contribution in [2.75, 3.05) is 11.9 Å². The van der Waals surface area contributed by atoms with Crippen LogP contribution in [0.4, 0.5) is 5.69 Å². The summed E-state index contributed by atoms with van der Waals surface area (Å²) in [4.78, 5) is 11.9. The van der Waals surface area contributed by atoms with Crippen LogP contribution in [0.15, 0.2) is 12.1 Å². The Morgan fingerprint density at radius 2 is 2.11 bits per heavy atom. The zero-order valence-electron chi connectivity index (χ0n) is 10.6. The van der Waals surface area contributed by atoms with Gasteiger partial charge in [0, 0.05) is 6.42 Å². The molecule has 0 fully saturated rings. The van der Waals surface area contributed by atoms with E-state index in [9.17, 15) is 4.79 Å². The van der Waals surface area contributed by atoms with Crippen molar-refractivity contribution < 1.29 is 4.79 Å². The van der Waals surface area contributed by atoms with Gasteiger partial charge in [0.05, 0.1) is 15.7 Å². The number of carbonyl (C=O) groups is 1. The molecule has 1 atom stereocenters. The van der Waals surface area contributed by atoms with Gasteiger partial charge < -0.3 is 11.1 Å². The fourth-order valence-electron chi connectivity index (χ4n) is 1.62. The molecule has 0 aliphatic heterocycles. The van der Waals surface area contributed by atoms with Gasteiger partial charge in [0.25, 0.3) is 0 Å². The molecule has 1 amide bonds. The highest BCUT2D eigenvalue weighted by Gasteiger charge is 2.14. The van der Waals surface area contributed by atoms with E-state index in [0.29, 0.717) is 28.7 Å². The number of hydrogen-bond donors (Lipinski definition) is 2. The van der Waals surface area contributed by atoms with E-state index in [0.717, 1.165) is 12.0 Å². The average Bonchev–Trinajstić information content (AvgIpc) is 2.36. The summed E-state index contributed by atoms with van der Waals surface area (Å²) in [6.45, 7) is 4.37. The highest BCUT2D eigenvalue weighted by molar-refractivity contribution is 6.40. The first-order valence-electron chi connectivity index (χ1n) is 5.94. The Balaban J connectivity index is 2.79. The van der Waals surface area contributed by atoms with Crippen molar-refractivity contribution in [1.82, 2.24) is 0 Å². The number of amides is 1. The third kappa shape index (κ3) is 3.87. The fraction of sp³-hybridized carbons (Fsp3) is 0.462. The summed E-state index contributed by atoms with van der Waals surface area (Å²) in [6, 6.07) is 3.54. The molecule has 0 aromatic heterocycles. The van der Waals surface area contributed by atoms with Crippen molar-refractivity contribution in [3.63, 3.8) is 0 Å². The van der Waals surface area contributed by atoms with E-state index >= 15 is 0 Å². The van der Waals surface area contributed by atoms with Crippen LogP contribution in [-0.4, -0.2) is 12.5 Å². The maximum absolute atomic E-state index is 11.9. The van der Waals surface area contributed by atoms with E-state index < -0.39 is 0 Å². The van der Waals surface area contributed by atoms with Gasteiger partial charge in [-0.25, -0.2) is 0 Å². The number of anilines is 1. The second-order valence-corrected chi connectivity index (χ2v) is 5.10. The Morgan fingerprint density at radius 3 is 2.67 bits per heavy atom. The van der Waals surface area contributed by atoms with Gasteiger partial charge in [-0.15, -0.1) is 0 Å². The predicted molar refractivity (Wildman–Crippen MR) is 77.3 cm³/mol. The van der Waals surface area contributed by atoms with Crippen molar-refractivity contribution >= 4 is 34.8 Å². The highest BCUT2D eigenvalue weighted by atomic mass is 35.5. The van der Waals surface area contributed by atoms with Crippen LogP contribution in [0.3, 0.4) is 0 Å². The van der Waals surface area contributed by atoms with Crippen molar-refractivity contribution in [2.45, 2.75) is 26.7 Å². The van der Waals surface area contributed by atoms with E-state index in [4.69, 9.17) is 28.9 Å². The van der Waals surface area contributed by atoms with Gasteiger partial charge >= 0.3 is 0 Å². The van der Waals surface area contributed by atoms with Crippen LogP contribution in [0.25, 0.3) is 0 Å². The highest BCUT2D eigenvalue weighted by Crippen LogP contribution is 2.33. The lowest BCUT2D eigenvalue weighted by Gasteiger charge is -2.14. The average molecular weight is 289 g/mol. The first-order valence-corrected chi connectivity index (χ1v) is 6.69. The van der Waals surface area contributed by atoms with Gasteiger partial charge in [0.1, 0.15) is 0 Å². The lowest BCUT2D eigenvalue weighted by atomic mass is 10.0. The van der Waals surface area contributed by atoms with Crippen molar-refractivity contribution in [1.29, 1.82) is 0 Å². The van der Waals surface area contributed by atoms with Crippen molar-refractivity contribution in [2.24, 2.45) is 11.7 Å². The molecule has 1 rings (SSSR count). The van der Waals surface area contributed by atoms with Crippen LogP contribution in [0.5, 0.6) is 0 Å². The Hall–Kier alpha value is -0.770. The lowest BCUT2D eigenvalue weighted by molar-refractivity contribution is -0.117. The standard InChI is InChI=1S/C13H18Cl2N2O/c1-3-9(7-16)6-11(18)17-13-10(14)5-4-8(2)12(13)15/h4-5,9H,3,6-7,16H2,1-2H3,(H,17,18). The van der Waals surface area contributed by atoms with Gasteiger partial charge in [0.15, 0.2) is 0 Å². The number of nitrogens with one attached hydrogen (secondary N) is 1. The summed E-state index contributed by atoms with van der Waals surface area (Å²) in [5, 5.41) is 3.69. The van der Waals surface area contributed by atoms with E-state index in [1.807, 2.05) is 19.9 Å². The third-order valence-electron chi connectivity index (χ3n) is 2.93. The fourth-order valence-corrected chi connectivity index (χ4v) is 2.08. The normalized spacial score (nSPS) is 12.3. The zero-order valence-corrected chi connectivity index (χ0v) is 12.1. The molecule has 0 saturated carbocycles. The maximum atomic E-state index is 11.9. The Kier molecular flexibility index (Phi) is 5.93. The third-order valence-corrected chi connectivity index (χ3v) is 3.74. The summed E-state index contributed by atoms with van der Waals surface area (Å²) < 4.78 is 0. The minimum atomic E-state index is -0.110. The molecule has 5 heteroatoms. The van der Waals surface area contributed by atoms with Crippen LogP contribution in [-0.2, 0) is 4.79 Å². The molecule has 3 N–H and O–H groups in total. The van der Waals surface area contributed by atoms with Crippen molar-refractivity contribution in [3.8, 4) is 0 Å². The van der Waals surface area contributed by atoms with Crippen LogP contribution < -0.4 is 11.1 Å². The number of nitrogens with two attached hydrogens (primary N) is 1. The second kappa shape index (κ2) is 6.98. The van der Waals surface area contributed by atoms with Gasteiger partial charge in [-0.1, -0.05) is 42.6 Å². The Bertz CT molecular complexity index is 431. The first-order chi connectivity index (χ1) is 8.49. The molecule has 0 aliphatic carbocycles. The van der Waals surface area contributed by atoms with Gasteiger partial charge in [-0.2, -0.15) is 0 Å². The van der Waals surface area contributed by atoms with E-state index in [1.54, 1.807) is 6.07 Å². The molecule has 1 unspecified atom stereocenters. The molecular weight excluding hydrogens is 271 g/mol. The summed E-state index contributed by atoms with van der Waals surface area (Å²) in [6.07, 6.45) is 1.26. The predicted octanol–water partition coefficient (Wildman–Crippen LogP) is 3.62. The van der Waals surface area contributed by atoms with Crippen LogP contribution >= 0.6 is 23.2 Å². The summed E-state index contributed by atoms with van der Waals surface area (Å²) in [7, 11) is 0. The Labute approximate surface area is 118 Å². The Morgan fingerprint density at radius 1 is 1.44 bits per heavy atom. The van der Waals surface area contributed by atoms with E-state index in [1.165, 1.54) is 0 Å². The lowest BCUT2D eigenvalue weighted by Crippen LogP contribution is -2.22. The molecule has 0 aliphatic rings. The quantitative estimate of drug-likeness (QED) is 0.870. The molecule has 0 heterocycles. The summed E-state index contributed by atoms with van der Waals surface area (Å²) >= 11 is 12.1. The molecule has 0 spiro atoms. The number of aryl methyl sites for hydroxylation is 1. The van der Waals surface area contributed by atoms with E-state index in [2.05, 4.69) is 5.32 Å². The monoisotopic (exact) mass is 288 g/mol. The summed E-state index contributed by atoms with van der Waals surface area (Å²) in [5.41, 5.74) is 6.94. The number of rotatable bonds is 5. The number of benzene rings is 1. The first kappa shape index (κ1) is 15.3. The number of carbonyl (C=O) groups excluding carboxylic acids is 1. The molecule has 1 aromatic carbocycles. The van der Waals surface area contributed by atoms with Crippen LogP contribution in [0.2, 0.25) is 10.0 Å². The molecule has 0 bridgehead atoms. The molecule has 18 heavy (non-hydrogen) atoms. The van der Waals surface area contributed by atoms with E-state index in [-0.39, 0.29) is 11.8 Å².